The van der Waals surface area contributed by atoms with E-state index in [0.717, 1.165) is 30.6 Å². The molecule has 32 heavy (non-hydrogen) atoms. The number of thiazole rings is 1. The summed E-state index contributed by atoms with van der Waals surface area (Å²) in [6.07, 6.45) is 3.87. The number of amides is 1. The van der Waals surface area contributed by atoms with Gasteiger partial charge in [-0.15, -0.1) is 15.7 Å². The third-order valence-electron chi connectivity index (χ3n) is 5.23. The molecule has 1 amide bonds. The molecule has 2 aromatic carbocycles. The molecule has 1 saturated heterocycles. The van der Waals surface area contributed by atoms with Gasteiger partial charge in [0.15, 0.2) is 0 Å². The second kappa shape index (κ2) is 9.81. The third kappa shape index (κ3) is 5.53. The van der Waals surface area contributed by atoms with Crippen LogP contribution in [-0.2, 0) is 21.3 Å². The van der Waals surface area contributed by atoms with Gasteiger partial charge in [0.25, 0.3) is 15.9 Å². The lowest BCUT2D eigenvalue weighted by Crippen LogP contribution is -2.31. The Morgan fingerprint density at radius 1 is 1.25 bits per heavy atom. The first-order valence-electron chi connectivity index (χ1n) is 10.4. The summed E-state index contributed by atoms with van der Waals surface area (Å²) in [5.74, 6) is -0.149. The zero-order valence-electron chi connectivity index (χ0n) is 17.7. The fraction of sp³-hybridized carbons (Fsp3) is 0.304. The summed E-state index contributed by atoms with van der Waals surface area (Å²) in [7, 11) is -3.81. The highest BCUT2D eigenvalue weighted by molar-refractivity contribution is 7.90. The molecule has 0 bridgehead atoms. The van der Waals surface area contributed by atoms with Crippen molar-refractivity contribution in [1.29, 1.82) is 0 Å². The van der Waals surface area contributed by atoms with Crippen molar-refractivity contribution in [1.82, 2.24) is 9.88 Å². The van der Waals surface area contributed by atoms with Gasteiger partial charge in [-0.05, 0) is 49.6 Å². The number of nitrogens with zero attached hydrogens (tertiary/aromatic N) is 2. The zero-order valence-corrected chi connectivity index (χ0v) is 19.4. The van der Waals surface area contributed by atoms with Crippen LogP contribution in [0, 0.1) is 6.92 Å². The number of hydrogen-bond acceptors (Lipinski definition) is 5. The first-order chi connectivity index (χ1) is 15.4. The van der Waals surface area contributed by atoms with Gasteiger partial charge in [-0.1, -0.05) is 29.8 Å². The Bertz CT molecular complexity index is 1250. The van der Waals surface area contributed by atoms with Crippen LogP contribution in [0.2, 0.25) is 0 Å². The summed E-state index contributed by atoms with van der Waals surface area (Å²) >= 11 is 1.25. The maximum absolute atomic E-state index is 12.7. The monoisotopic (exact) mass is 471 g/mol. The molecule has 1 atom stereocenters. The highest BCUT2D eigenvalue weighted by Gasteiger charge is 2.17. The number of ether oxygens (including phenoxy) is 1. The molecule has 1 aliphatic rings. The number of aryl methyl sites for hydroxylation is 1. The molecule has 9 heteroatoms. The van der Waals surface area contributed by atoms with Crippen molar-refractivity contribution in [3.05, 3.63) is 81.6 Å². The molecule has 4 rings (SSSR count). The maximum atomic E-state index is 12.7. The lowest BCUT2D eigenvalue weighted by atomic mass is 10.1. The maximum Gasteiger partial charge on any atom is 0.285 e. The largest absolute Gasteiger partial charge is 0.376 e. The van der Waals surface area contributed by atoms with Gasteiger partial charge in [0, 0.05) is 36.8 Å². The van der Waals surface area contributed by atoms with E-state index in [-0.39, 0.29) is 16.9 Å². The second-order valence-corrected chi connectivity index (χ2v) is 10.2. The van der Waals surface area contributed by atoms with Crippen molar-refractivity contribution in [2.24, 2.45) is 4.40 Å². The van der Waals surface area contributed by atoms with Crippen molar-refractivity contribution in [3.8, 4) is 0 Å². The van der Waals surface area contributed by atoms with Crippen LogP contribution in [0.1, 0.15) is 34.3 Å². The average Bonchev–Trinajstić information content (AvgIpc) is 3.45. The quantitative estimate of drug-likeness (QED) is 0.573. The number of rotatable bonds is 7. The Morgan fingerprint density at radius 2 is 2.06 bits per heavy atom. The molecule has 168 valence electrons. The molecule has 0 spiro atoms. The van der Waals surface area contributed by atoms with Crippen LogP contribution in [0.3, 0.4) is 0 Å². The Balaban J connectivity index is 1.50. The first kappa shape index (κ1) is 22.4. The minimum Gasteiger partial charge on any atom is -0.376 e. The number of carbonyl (C=O) groups excluding carboxylic acids is 1. The molecule has 1 fully saturated rings. The van der Waals surface area contributed by atoms with Crippen LogP contribution in [0.5, 0.6) is 0 Å². The summed E-state index contributed by atoms with van der Waals surface area (Å²) in [5, 5.41) is 4.72. The smallest absolute Gasteiger partial charge is 0.285 e. The fourth-order valence-electron chi connectivity index (χ4n) is 3.48. The highest BCUT2D eigenvalue weighted by Crippen LogP contribution is 2.14. The molecule has 3 aromatic rings. The molecular weight excluding hydrogens is 446 g/mol. The number of hydrogen-bond donors (Lipinski definition) is 1. The van der Waals surface area contributed by atoms with Crippen molar-refractivity contribution < 1.29 is 17.9 Å². The summed E-state index contributed by atoms with van der Waals surface area (Å²) in [6, 6.07) is 13.9. The lowest BCUT2D eigenvalue weighted by molar-refractivity contribution is 0.0857. The van der Waals surface area contributed by atoms with E-state index < -0.39 is 10.0 Å². The fourth-order valence-corrected chi connectivity index (χ4v) is 5.43. The highest BCUT2D eigenvalue weighted by atomic mass is 32.2. The number of carbonyl (C=O) groups is 1. The number of aromatic nitrogens is 1. The molecule has 0 radical (unpaired) electrons. The summed E-state index contributed by atoms with van der Waals surface area (Å²) in [5.41, 5.74) is 2.42. The van der Waals surface area contributed by atoms with Gasteiger partial charge in [0.1, 0.15) is 0 Å². The molecule has 1 aliphatic heterocycles. The van der Waals surface area contributed by atoms with E-state index >= 15 is 0 Å². The van der Waals surface area contributed by atoms with Gasteiger partial charge in [0.05, 0.1) is 11.0 Å². The molecule has 0 saturated carbocycles. The van der Waals surface area contributed by atoms with E-state index in [1.807, 2.05) is 25.1 Å². The second-order valence-electron chi connectivity index (χ2n) is 7.74. The Kier molecular flexibility index (Phi) is 6.88. The van der Waals surface area contributed by atoms with Gasteiger partial charge in [-0.2, -0.15) is 8.42 Å². The van der Waals surface area contributed by atoms with Gasteiger partial charge in [0.2, 0.25) is 4.80 Å². The van der Waals surface area contributed by atoms with Crippen LogP contribution in [0.4, 0.5) is 0 Å². The van der Waals surface area contributed by atoms with E-state index in [0.29, 0.717) is 23.5 Å². The van der Waals surface area contributed by atoms with Gasteiger partial charge >= 0.3 is 0 Å². The van der Waals surface area contributed by atoms with Gasteiger partial charge in [-0.3, -0.25) is 4.79 Å². The molecule has 1 aromatic heterocycles. The van der Waals surface area contributed by atoms with Crippen molar-refractivity contribution in [3.63, 3.8) is 0 Å². The standard InChI is InChI=1S/C23H25N3O4S2/c1-17-7-9-21(10-8-17)32(28,29)25-23-26(11-13-31-23)16-18-4-2-5-19(14-18)22(27)24-15-20-6-3-12-30-20/h2,4-5,7-11,13-14,20H,3,6,12,15-16H2,1H3,(H,24,27)/t20-/m1/s1. The van der Waals surface area contributed by atoms with Crippen molar-refractivity contribution in [2.45, 2.75) is 37.3 Å². The van der Waals surface area contributed by atoms with Gasteiger partial charge in [-0.25, -0.2) is 0 Å². The molecule has 0 unspecified atom stereocenters. The van der Waals surface area contributed by atoms with Crippen LogP contribution < -0.4 is 10.1 Å². The third-order valence-corrected chi connectivity index (χ3v) is 7.42. The Morgan fingerprint density at radius 3 is 2.81 bits per heavy atom. The Labute approximate surface area is 191 Å². The van der Waals surface area contributed by atoms with E-state index in [9.17, 15) is 13.2 Å². The van der Waals surface area contributed by atoms with E-state index in [1.165, 1.54) is 11.3 Å². The summed E-state index contributed by atoms with van der Waals surface area (Å²) in [6.45, 7) is 3.55. The minimum atomic E-state index is -3.81. The molecular formula is C23H25N3O4S2. The summed E-state index contributed by atoms with van der Waals surface area (Å²) < 4.78 is 36.8. The normalized spacial score (nSPS) is 16.9. The SMILES string of the molecule is Cc1ccc(S(=O)(=O)N=c2sccn2Cc2cccc(C(=O)NC[C@H]3CCCO3)c2)cc1. The van der Waals surface area contributed by atoms with Crippen LogP contribution >= 0.6 is 11.3 Å². The predicted octanol–water partition coefficient (Wildman–Crippen LogP) is 3.10. The molecule has 0 aliphatic carbocycles. The zero-order chi connectivity index (χ0) is 22.6. The summed E-state index contributed by atoms with van der Waals surface area (Å²) in [4.78, 5) is 13.1. The molecule has 2 heterocycles. The van der Waals surface area contributed by atoms with Crippen LogP contribution in [0.15, 0.2) is 69.4 Å². The molecule has 1 N–H and O–H groups in total. The van der Waals surface area contributed by atoms with E-state index in [2.05, 4.69) is 9.71 Å². The Hall–Kier alpha value is -2.75. The van der Waals surface area contributed by atoms with Crippen LogP contribution in [-0.4, -0.2) is 38.1 Å². The average molecular weight is 472 g/mol. The first-order valence-corrected chi connectivity index (χ1v) is 12.7. The number of sulfonamides is 1. The lowest BCUT2D eigenvalue weighted by Gasteiger charge is -2.11. The van der Waals surface area contributed by atoms with Gasteiger partial charge < -0.3 is 14.6 Å². The molecule has 7 nitrogen and oxygen atoms in total. The van der Waals surface area contributed by atoms with E-state index in [4.69, 9.17) is 4.74 Å². The minimum absolute atomic E-state index is 0.0862. The number of nitrogens with one attached hydrogen (secondary N) is 1. The predicted molar refractivity (Wildman–Crippen MR) is 123 cm³/mol. The van der Waals surface area contributed by atoms with Crippen molar-refractivity contribution in [2.75, 3.05) is 13.2 Å². The topological polar surface area (TPSA) is 89.8 Å². The van der Waals surface area contributed by atoms with Crippen LogP contribution in [0.25, 0.3) is 0 Å². The van der Waals surface area contributed by atoms with Crippen molar-refractivity contribution >= 4 is 27.3 Å². The number of benzene rings is 2. The van der Waals surface area contributed by atoms with E-state index in [1.54, 1.807) is 46.5 Å².